The highest BCUT2D eigenvalue weighted by molar-refractivity contribution is 5.32. The van der Waals surface area contributed by atoms with Gasteiger partial charge in [0.1, 0.15) is 18.0 Å². The van der Waals surface area contributed by atoms with Gasteiger partial charge in [0.15, 0.2) is 0 Å². The fourth-order valence-corrected chi connectivity index (χ4v) is 2.35. The zero-order chi connectivity index (χ0) is 13.2. The van der Waals surface area contributed by atoms with Crippen LogP contribution in [0.5, 0.6) is 0 Å². The predicted molar refractivity (Wildman–Crippen MR) is 66.6 cm³/mol. The van der Waals surface area contributed by atoms with Crippen molar-refractivity contribution in [3.63, 3.8) is 0 Å². The molecule has 0 saturated carbocycles. The molecule has 0 unspecified atom stereocenters. The SMILES string of the molecule is Fc1cccc(F)c1Cc1ncnc2c1CNCC2. The zero-order valence-electron chi connectivity index (χ0n) is 10.3. The molecular formula is C14H13F2N3. The molecule has 19 heavy (non-hydrogen) atoms. The second-order valence-corrected chi connectivity index (χ2v) is 4.55. The lowest BCUT2D eigenvalue weighted by Crippen LogP contribution is -2.26. The molecule has 0 spiro atoms. The van der Waals surface area contributed by atoms with Gasteiger partial charge in [0.2, 0.25) is 0 Å². The van der Waals surface area contributed by atoms with Crippen LogP contribution in [0.15, 0.2) is 24.5 Å². The first-order valence-corrected chi connectivity index (χ1v) is 6.21. The lowest BCUT2D eigenvalue weighted by atomic mass is 10.00. The summed E-state index contributed by atoms with van der Waals surface area (Å²) in [5.41, 5.74) is 2.70. The Morgan fingerprint density at radius 2 is 1.95 bits per heavy atom. The molecule has 2 aromatic rings. The Kier molecular flexibility index (Phi) is 3.21. The molecule has 2 heterocycles. The van der Waals surface area contributed by atoms with Gasteiger partial charge < -0.3 is 5.32 Å². The van der Waals surface area contributed by atoms with Gasteiger partial charge in [-0.1, -0.05) is 6.07 Å². The molecule has 3 rings (SSSR count). The molecule has 0 saturated heterocycles. The molecular weight excluding hydrogens is 248 g/mol. The van der Waals surface area contributed by atoms with Crippen LogP contribution in [-0.2, 0) is 19.4 Å². The van der Waals surface area contributed by atoms with Crippen molar-refractivity contribution in [2.75, 3.05) is 6.54 Å². The van der Waals surface area contributed by atoms with Crippen molar-refractivity contribution in [2.45, 2.75) is 19.4 Å². The normalized spacial score (nSPS) is 14.2. The van der Waals surface area contributed by atoms with Crippen molar-refractivity contribution in [1.82, 2.24) is 15.3 Å². The van der Waals surface area contributed by atoms with E-state index in [1.807, 2.05) is 0 Å². The maximum Gasteiger partial charge on any atom is 0.129 e. The third-order valence-corrected chi connectivity index (χ3v) is 3.37. The number of nitrogens with one attached hydrogen (secondary N) is 1. The monoisotopic (exact) mass is 261 g/mol. The number of benzene rings is 1. The van der Waals surface area contributed by atoms with Crippen LogP contribution in [0.1, 0.15) is 22.5 Å². The van der Waals surface area contributed by atoms with Crippen LogP contribution >= 0.6 is 0 Å². The van der Waals surface area contributed by atoms with Crippen molar-refractivity contribution in [1.29, 1.82) is 0 Å². The number of rotatable bonds is 2. The van der Waals surface area contributed by atoms with Crippen molar-refractivity contribution in [2.24, 2.45) is 0 Å². The molecule has 0 fully saturated rings. The van der Waals surface area contributed by atoms with E-state index in [4.69, 9.17) is 0 Å². The summed E-state index contributed by atoms with van der Waals surface area (Å²) in [5, 5.41) is 3.23. The van der Waals surface area contributed by atoms with E-state index in [1.165, 1.54) is 24.5 Å². The molecule has 1 aromatic carbocycles. The molecule has 0 aliphatic carbocycles. The second-order valence-electron chi connectivity index (χ2n) is 4.55. The van der Waals surface area contributed by atoms with Gasteiger partial charge in [-0.3, -0.25) is 0 Å². The Morgan fingerprint density at radius 1 is 1.16 bits per heavy atom. The third kappa shape index (κ3) is 2.33. The highest BCUT2D eigenvalue weighted by Gasteiger charge is 2.17. The van der Waals surface area contributed by atoms with Crippen molar-refractivity contribution in [3.8, 4) is 0 Å². The first-order chi connectivity index (χ1) is 9.25. The molecule has 98 valence electrons. The van der Waals surface area contributed by atoms with Crippen LogP contribution in [0.2, 0.25) is 0 Å². The summed E-state index contributed by atoms with van der Waals surface area (Å²) in [6.45, 7) is 1.53. The van der Waals surface area contributed by atoms with Crippen LogP contribution in [-0.4, -0.2) is 16.5 Å². The number of nitrogens with zero attached hydrogens (tertiary/aromatic N) is 2. The standard InChI is InChI=1S/C14H13F2N3/c15-11-2-1-3-12(16)9(11)6-14-10-7-17-5-4-13(10)18-8-19-14/h1-3,8,17H,4-7H2. The fraction of sp³-hybridized carbons (Fsp3) is 0.286. The summed E-state index contributed by atoms with van der Waals surface area (Å²) in [7, 11) is 0. The van der Waals surface area contributed by atoms with Crippen LogP contribution in [0.3, 0.4) is 0 Å². The van der Waals surface area contributed by atoms with E-state index in [1.54, 1.807) is 0 Å². The van der Waals surface area contributed by atoms with Gasteiger partial charge in [0.05, 0.1) is 5.69 Å². The lowest BCUT2D eigenvalue weighted by molar-refractivity contribution is 0.557. The van der Waals surface area contributed by atoms with Crippen molar-refractivity contribution >= 4 is 0 Å². The van der Waals surface area contributed by atoms with E-state index in [0.29, 0.717) is 12.2 Å². The highest BCUT2D eigenvalue weighted by Crippen LogP contribution is 2.20. The fourth-order valence-electron chi connectivity index (χ4n) is 2.35. The van der Waals surface area contributed by atoms with E-state index < -0.39 is 11.6 Å². The van der Waals surface area contributed by atoms with Gasteiger partial charge in [0.25, 0.3) is 0 Å². The number of hydrogen-bond acceptors (Lipinski definition) is 3. The van der Waals surface area contributed by atoms with Crippen LogP contribution < -0.4 is 5.32 Å². The zero-order valence-corrected chi connectivity index (χ0v) is 10.3. The predicted octanol–water partition coefficient (Wildman–Crippen LogP) is 1.99. The Hall–Kier alpha value is -1.88. The summed E-state index contributed by atoms with van der Waals surface area (Å²) < 4.78 is 27.3. The molecule has 1 aliphatic rings. The van der Waals surface area contributed by atoms with Crippen LogP contribution in [0.25, 0.3) is 0 Å². The van der Waals surface area contributed by atoms with Crippen LogP contribution in [0, 0.1) is 11.6 Å². The molecule has 0 radical (unpaired) electrons. The minimum absolute atomic E-state index is 0.0639. The minimum atomic E-state index is -0.531. The summed E-state index contributed by atoms with van der Waals surface area (Å²) >= 11 is 0. The quantitative estimate of drug-likeness (QED) is 0.898. The van der Waals surface area contributed by atoms with Gasteiger partial charge in [-0.15, -0.1) is 0 Å². The topological polar surface area (TPSA) is 37.8 Å². The molecule has 1 N–H and O–H groups in total. The number of hydrogen-bond donors (Lipinski definition) is 1. The largest absolute Gasteiger partial charge is 0.312 e. The number of halogens is 2. The van der Waals surface area contributed by atoms with Gasteiger partial charge in [-0.05, 0) is 12.1 Å². The van der Waals surface area contributed by atoms with Gasteiger partial charge >= 0.3 is 0 Å². The molecule has 0 amide bonds. The number of aromatic nitrogens is 2. The van der Waals surface area contributed by atoms with E-state index in [9.17, 15) is 8.78 Å². The molecule has 0 bridgehead atoms. The Labute approximate surface area is 109 Å². The third-order valence-electron chi connectivity index (χ3n) is 3.37. The average molecular weight is 261 g/mol. The lowest BCUT2D eigenvalue weighted by Gasteiger charge is -2.18. The second kappa shape index (κ2) is 5.01. The van der Waals surface area contributed by atoms with Crippen LogP contribution in [0.4, 0.5) is 8.78 Å². The molecule has 5 heteroatoms. The smallest absolute Gasteiger partial charge is 0.129 e. The maximum atomic E-state index is 13.7. The average Bonchev–Trinajstić information content (AvgIpc) is 2.43. The van der Waals surface area contributed by atoms with E-state index in [0.717, 1.165) is 24.2 Å². The molecule has 3 nitrogen and oxygen atoms in total. The Bertz CT molecular complexity index is 593. The molecule has 0 atom stereocenters. The van der Waals surface area contributed by atoms with E-state index >= 15 is 0 Å². The van der Waals surface area contributed by atoms with Gasteiger partial charge in [-0.25, -0.2) is 18.7 Å². The Balaban J connectivity index is 2.00. The first kappa shape index (κ1) is 12.2. The van der Waals surface area contributed by atoms with E-state index in [2.05, 4.69) is 15.3 Å². The Morgan fingerprint density at radius 3 is 2.74 bits per heavy atom. The number of fused-ring (bicyclic) bond motifs is 1. The van der Waals surface area contributed by atoms with Gasteiger partial charge in [0, 0.05) is 42.8 Å². The van der Waals surface area contributed by atoms with Crippen molar-refractivity contribution < 1.29 is 8.78 Å². The molecule has 1 aliphatic heterocycles. The highest BCUT2D eigenvalue weighted by atomic mass is 19.1. The maximum absolute atomic E-state index is 13.7. The first-order valence-electron chi connectivity index (χ1n) is 6.21. The minimum Gasteiger partial charge on any atom is -0.312 e. The van der Waals surface area contributed by atoms with Gasteiger partial charge in [-0.2, -0.15) is 0 Å². The molecule has 1 aromatic heterocycles. The van der Waals surface area contributed by atoms with E-state index in [-0.39, 0.29) is 12.0 Å². The summed E-state index contributed by atoms with van der Waals surface area (Å²) in [6.07, 6.45) is 2.45. The summed E-state index contributed by atoms with van der Waals surface area (Å²) in [6, 6.07) is 3.90. The van der Waals surface area contributed by atoms with Crippen molar-refractivity contribution in [3.05, 3.63) is 58.7 Å². The summed E-state index contributed by atoms with van der Waals surface area (Å²) in [4.78, 5) is 8.41. The summed E-state index contributed by atoms with van der Waals surface area (Å²) in [5.74, 6) is -1.06.